The Labute approximate surface area is 217 Å². The van der Waals surface area contributed by atoms with Crippen molar-refractivity contribution in [3.8, 4) is 16.7 Å². The maximum atomic E-state index is 12.3. The van der Waals surface area contributed by atoms with Crippen molar-refractivity contribution in [3.05, 3.63) is 86.3 Å². The van der Waals surface area contributed by atoms with Crippen LogP contribution in [0, 0.1) is 0 Å². The third kappa shape index (κ3) is 10.2. The molecule has 0 aliphatic carbocycles. The second-order valence-corrected chi connectivity index (χ2v) is 8.74. The Morgan fingerprint density at radius 2 is 1.22 bits per heavy atom. The molecule has 0 aliphatic rings. The van der Waals surface area contributed by atoms with Gasteiger partial charge in [-0.2, -0.15) is 31.3 Å². The number of halogens is 7. The molecule has 0 fully saturated rings. The summed E-state index contributed by atoms with van der Waals surface area (Å²) in [4.78, 5) is 26.8. The highest BCUT2D eigenvalue weighted by atomic mass is 35.5. The molecule has 6 nitrogen and oxygen atoms in total. The quantitative estimate of drug-likeness (QED) is 0.195. The monoisotopic (exact) mass is 582 g/mol. The fourth-order valence-corrected chi connectivity index (χ4v) is 3.55. The number of alkyl halides is 6. The van der Waals surface area contributed by atoms with Crippen molar-refractivity contribution in [1.82, 2.24) is 9.97 Å². The number of aromatic nitrogens is 2. The SMILES string of the molecule is FC(F)(F)c1csc(Cl)n1.O=Cc1ccc(O)cc1.O=Cc1ccc(Oc2nc(C(F)(F)F)cs2)cc1. The summed E-state index contributed by atoms with van der Waals surface area (Å²) >= 11 is 6.70. The first kappa shape index (κ1) is 29.7. The molecule has 0 amide bonds. The highest BCUT2D eigenvalue weighted by molar-refractivity contribution is 7.14. The Morgan fingerprint density at radius 1 is 0.757 bits per heavy atom. The van der Waals surface area contributed by atoms with Gasteiger partial charge < -0.3 is 9.84 Å². The van der Waals surface area contributed by atoms with E-state index < -0.39 is 23.7 Å². The van der Waals surface area contributed by atoms with Gasteiger partial charge in [0.1, 0.15) is 24.1 Å². The zero-order valence-corrected chi connectivity index (χ0v) is 20.3. The summed E-state index contributed by atoms with van der Waals surface area (Å²) in [5.41, 5.74) is -0.875. The Hall–Kier alpha value is -3.49. The van der Waals surface area contributed by atoms with Crippen LogP contribution in [0.15, 0.2) is 59.3 Å². The van der Waals surface area contributed by atoms with E-state index in [-0.39, 0.29) is 15.4 Å². The number of benzene rings is 2. The molecule has 15 heteroatoms. The van der Waals surface area contributed by atoms with Gasteiger partial charge in [-0.05, 0) is 48.5 Å². The lowest BCUT2D eigenvalue weighted by Gasteiger charge is -2.02. The minimum absolute atomic E-state index is 0.0904. The van der Waals surface area contributed by atoms with Crippen LogP contribution in [0.2, 0.25) is 4.47 Å². The first-order chi connectivity index (χ1) is 17.3. The van der Waals surface area contributed by atoms with Crippen LogP contribution in [0.1, 0.15) is 32.1 Å². The summed E-state index contributed by atoms with van der Waals surface area (Å²) in [6.45, 7) is 0. The standard InChI is InChI=1S/C11H6F3NO2S.C7H6O2.C4HClF3NS/c12-11(13,14)9-6-18-10(15-9)17-8-3-1-7(5-16)2-4-8;8-5-6-1-3-7(9)4-2-6;5-3-9-2(1-10-3)4(6,7)8/h1-6H;1-5,9H;1H. The third-order valence-electron chi connectivity index (χ3n) is 3.79. The van der Waals surface area contributed by atoms with Gasteiger partial charge in [0.25, 0.3) is 5.19 Å². The molecule has 0 atom stereocenters. The molecule has 2 aromatic heterocycles. The van der Waals surface area contributed by atoms with Crippen molar-refractivity contribution in [2.75, 3.05) is 0 Å². The average molecular weight is 583 g/mol. The van der Waals surface area contributed by atoms with Crippen molar-refractivity contribution in [2.45, 2.75) is 12.4 Å². The molecule has 4 rings (SSSR count). The number of aldehydes is 2. The van der Waals surface area contributed by atoms with E-state index >= 15 is 0 Å². The molecular weight excluding hydrogens is 570 g/mol. The normalized spacial score (nSPS) is 10.9. The Bertz CT molecular complexity index is 1290. The van der Waals surface area contributed by atoms with Crippen LogP contribution in [0.4, 0.5) is 26.3 Å². The summed E-state index contributed by atoms with van der Waals surface area (Å²) in [6.07, 6.45) is -7.45. The summed E-state index contributed by atoms with van der Waals surface area (Å²) in [7, 11) is 0. The number of thiazole rings is 2. The van der Waals surface area contributed by atoms with Gasteiger partial charge in [-0.3, -0.25) is 9.59 Å². The lowest BCUT2D eigenvalue weighted by Crippen LogP contribution is -2.04. The highest BCUT2D eigenvalue weighted by Gasteiger charge is 2.34. The number of hydrogen-bond donors (Lipinski definition) is 1. The van der Waals surface area contributed by atoms with Crippen molar-refractivity contribution >= 4 is 46.8 Å². The van der Waals surface area contributed by atoms with E-state index in [0.29, 0.717) is 23.2 Å². The van der Waals surface area contributed by atoms with Crippen LogP contribution in [0.5, 0.6) is 16.7 Å². The van der Waals surface area contributed by atoms with E-state index in [1.807, 2.05) is 0 Å². The molecule has 0 radical (unpaired) electrons. The van der Waals surface area contributed by atoms with E-state index in [1.165, 1.54) is 36.4 Å². The molecule has 2 heterocycles. The van der Waals surface area contributed by atoms with Crippen molar-refractivity contribution in [1.29, 1.82) is 0 Å². The van der Waals surface area contributed by atoms with E-state index in [1.54, 1.807) is 12.1 Å². The molecule has 0 unspecified atom stereocenters. The fraction of sp³-hybridized carbons (Fsp3) is 0.0909. The van der Waals surface area contributed by atoms with Gasteiger partial charge in [0, 0.05) is 21.9 Å². The molecule has 37 heavy (non-hydrogen) atoms. The summed E-state index contributed by atoms with van der Waals surface area (Å²) in [5.74, 6) is 0.504. The highest BCUT2D eigenvalue weighted by Crippen LogP contribution is 2.34. The summed E-state index contributed by atoms with van der Waals surface area (Å²) in [5, 5.41) is 10.4. The second kappa shape index (κ2) is 13.2. The average Bonchev–Trinajstić information content (AvgIpc) is 3.50. The van der Waals surface area contributed by atoms with Gasteiger partial charge in [0.2, 0.25) is 0 Å². The predicted octanol–water partition coefficient (Wildman–Crippen LogP) is 7.79. The number of nitrogens with zero attached hydrogens (tertiary/aromatic N) is 2. The minimum atomic E-state index is -4.47. The predicted molar refractivity (Wildman–Crippen MR) is 125 cm³/mol. The van der Waals surface area contributed by atoms with Crippen LogP contribution in [0.3, 0.4) is 0 Å². The van der Waals surface area contributed by atoms with Gasteiger partial charge in [-0.15, -0.1) is 11.3 Å². The van der Waals surface area contributed by atoms with Crippen LogP contribution < -0.4 is 4.74 Å². The van der Waals surface area contributed by atoms with Crippen molar-refractivity contribution < 1.29 is 45.8 Å². The smallest absolute Gasteiger partial charge is 0.434 e. The molecule has 0 bridgehead atoms. The first-order valence-corrected chi connectivity index (χ1v) is 11.6. The molecule has 0 saturated carbocycles. The Morgan fingerprint density at radius 3 is 1.59 bits per heavy atom. The van der Waals surface area contributed by atoms with Crippen LogP contribution in [-0.2, 0) is 12.4 Å². The largest absolute Gasteiger partial charge is 0.508 e. The van der Waals surface area contributed by atoms with Gasteiger partial charge >= 0.3 is 12.4 Å². The molecule has 196 valence electrons. The number of carbonyl (C=O) groups is 2. The zero-order valence-electron chi connectivity index (χ0n) is 18.0. The van der Waals surface area contributed by atoms with E-state index in [0.717, 1.165) is 39.7 Å². The zero-order chi connectivity index (χ0) is 27.6. The first-order valence-electron chi connectivity index (χ1n) is 9.50. The van der Waals surface area contributed by atoms with Crippen LogP contribution in [-0.4, -0.2) is 27.6 Å². The van der Waals surface area contributed by atoms with Gasteiger partial charge in [0.15, 0.2) is 15.9 Å². The van der Waals surface area contributed by atoms with E-state index in [2.05, 4.69) is 9.97 Å². The molecular formula is C22H13ClF6N2O4S2. The molecule has 0 saturated heterocycles. The topological polar surface area (TPSA) is 89.4 Å². The lowest BCUT2D eigenvalue weighted by atomic mass is 10.2. The van der Waals surface area contributed by atoms with Crippen molar-refractivity contribution in [2.24, 2.45) is 0 Å². The number of rotatable bonds is 4. The maximum absolute atomic E-state index is 12.3. The number of carbonyl (C=O) groups excluding carboxylic acids is 2. The van der Waals surface area contributed by atoms with Gasteiger partial charge in [-0.1, -0.05) is 22.9 Å². The number of phenols is 1. The Balaban J connectivity index is 0.000000214. The third-order valence-corrected chi connectivity index (χ3v) is 5.49. The van der Waals surface area contributed by atoms with E-state index in [4.69, 9.17) is 21.4 Å². The Kier molecular flexibility index (Phi) is 10.6. The fourth-order valence-electron chi connectivity index (χ4n) is 2.08. The van der Waals surface area contributed by atoms with Crippen molar-refractivity contribution in [3.63, 3.8) is 0 Å². The number of phenolic OH excluding ortho intramolecular Hbond substituents is 1. The molecule has 0 spiro atoms. The maximum Gasteiger partial charge on any atom is 0.434 e. The van der Waals surface area contributed by atoms with Crippen LogP contribution in [0.25, 0.3) is 0 Å². The molecule has 2 aromatic carbocycles. The molecule has 0 aliphatic heterocycles. The summed E-state index contributed by atoms with van der Waals surface area (Å²) in [6, 6.07) is 12.0. The van der Waals surface area contributed by atoms with Gasteiger partial charge in [0.05, 0.1) is 0 Å². The van der Waals surface area contributed by atoms with E-state index in [9.17, 15) is 35.9 Å². The number of aromatic hydroxyl groups is 1. The molecule has 4 aromatic rings. The summed E-state index contributed by atoms with van der Waals surface area (Å²) < 4.78 is 77.0. The van der Waals surface area contributed by atoms with Crippen LogP contribution >= 0.6 is 34.3 Å². The van der Waals surface area contributed by atoms with Gasteiger partial charge in [-0.25, -0.2) is 4.98 Å². The number of ether oxygens (including phenoxy) is 1. The molecule has 1 N–H and O–H groups in total. The number of hydrogen-bond acceptors (Lipinski definition) is 8. The second-order valence-electron chi connectivity index (χ2n) is 6.48. The lowest BCUT2D eigenvalue weighted by molar-refractivity contribution is -0.141. The minimum Gasteiger partial charge on any atom is -0.508 e.